The lowest BCUT2D eigenvalue weighted by atomic mass is 9.75. The Morgan fingerprint density at radius 1 is 1.07 bits per heavy atom. The quantitative estimate of drug-likeness (QED) is 0.825. The van der Waals surface area contributed by atoms with Gasteiger partial charge in [0.1, 0.15) is 11.6 Å². The second-order valence-corrected chi connectivity index (χ2v) is 8.36. The molecule has 1 aromatic carbocycles. The number of nitrogens with zero attached hydrogens (tertiary/aromatic N) is 2. The number of hydrogen-bond donors (Lipinski definition) is 1. The summed E-state index contributed by atoms with van der Waals surface area (Å²) in [5.41, 5.74) is 8.76. The Morgan fingerprint density at radius 3 is 2.41 bits per heavy atom. The molecule has 0 saturated heterocycles. The summed E-state index contributed by atoms with van der Waals surface area (Å²) in [6.07, 6.45) is 7.09. The van der Waals surface area contributed by atoms with E-state index in [1.54, 1.807) is 7.11 Å². The number of amidine groups is 1. The fourth-order valence-corrected chi connectivity index (χ4v) is 4.41. The first kappa shape index (κ1) is 18.5. The summed E-state index contributed by atoms with van der Waals surface area (Å²) in [5, 5.41) is 0. The van der Waals surface area contributed by atoms with Crippen LogP contribution in [0.3, 0.4) is 0 Å². The van der Waals surface area contributed by atoms with Crippen molar-refractivity contribution >= 4 is 11.5 Å². The van der Waals surface area contributed by atoms with Crippen LogP contribution in [0.4, 0.5) is 0 Å². The Hall–Kier alpha value is -1.88. The minimum absolute atomic E-state index is 0.331. The molecule has 0 spiro atoms. The molecule has 2 saturated carbocycles. The Balaban J connectivity index is 1.68. The Kier molecular flexibility index (Phi) is 4.97. The molecule has 0 aromatic heterocycles. The van der Waals surface area contributed by atoms with Crippen LogP contribution >= 0.6 is 0 Å². The van der Waals surface area contributed by atoms with Crippen LogP contribution in [-0.2, 0) is 10.4 Å². The Labute approximate surface area is 162 Å². The molecule has 1 heterocycles. The maximum atomic E-state index is 6.21. The molecular weight excluding hydrogens is 338 g/mol. The fraction of sp³-hybridized carbons (Fsp3) is 0.636. The van der Waals surface area contributed by atoms with Gasteiger partial charge in [-0.25, -0.2) is 4.99 Å². The van der Waals surface area contributed by atoms with E-state index in [1.807, 2.05) is 6.92 Å². The highest BCUT2D eigenvalue weighted by molar-refractivity contribution is 6.41. The molecule has 5 heteroatoms. The minimum Gasteiger partial charge on any atom is -0.493 e. The van der Waals surface area contributed by atoms with Crippen molar-refractivity contribution in [2.75, 3.05) is 13.7 Å². The van der Waals surface area contributed by atoms with Crippen molar-refractivity contribution in [1.29, 1.82) is 0 Å². The topological polar surface area (TPSA) is 69.2 Å². The third-order valence-electron chi connectivity index (χ3n) is 6.36. The van der Waals surface area contributed by atoms with E-state index in [2.05, 4.69) is 25.1 Å². The summed E-state index contributed by atoms with van der Waals surface area (Å²) >= 11 is 0. The summed E-state index contributed by atoms with van der Waals surface area (Å²) in [5.74, 6) is 2.54. The predicted molar refractivity (Wildman–Crippen MR) is 109 cm³/mol. The molecule has 1 atom stereocenters. The van der Waals surface area contributed by atoms with E-state index < -0.39 is 5.66 Å². The molecule has 1 unspecified atom stereocenters. The lowest BCUT2D eigenvalue weighted by Gasteiger charge is -2.38. The van der Waals surface area contributed by atoms with Crippen molar-refractivity contribution in [1.82, 2.24) is 0 Å². The maximum Gasteiger partial charge on any atom is 0.181 e. The smallest absolute Gasteiger partial charge is 0.181 e. The van der Waals surface area contributed by atoms with E-state index in [9.17, 15) is 0 Å². The van der Waals surface area contributed by atoms with Gasteiger partial charge in [-0.05, 0) is 76.0 Å². The van der Waals surface area contributed by atoms with Crippen LogP contribution in [0.2, 0.25) is 0 Å². The van der Waals surface area contributed by atoms with Crippen LogP contribution in [-0.4, -0.2) is 31.4 Å². The van der Waals surface area contributed by atoms with E-state index in [0.717, 1.165) is 55.2 Å². The van der Waals surface area contributed by atoms with Gasteiger partial charge in [-0.1, -0.05) is 6.07 Å². The van der Waals surface area contributed by atoms with Crippen molar-refractivity contribution in [2.45, 2.75) is 64.1 Å². The van der Waals surface area contributed by atoms with Crippen molar-refractivity contribution in [2.24, 2.45) is 27.6 Å². The highest BCUT2D eigenvalue weighted by Gasteiger charge is 2.46. The average molecular weight is 370 g/mol. The zero-order valence-electron chi connectivity index (χ0n) is 16.7. The van der Waals surface area contributed by atoms with Gasteiger partial charge in [0, 0.05) is 18.6 Å². The summed E-state index contributed by atoms with van der Waals surface area (Å²) in [6.45, 7) is 4.91. The monoisotopic (exact) mass is 369 g/mol. The number of methoxy groups -OCH3 is 1. The Morgan fingerprint density at radius 2 is 1.81 bits per heavy atom. The van der Waals surface area contributed by atoms with Crippen LogP contribution < -0.4 is 10.5 Å². The molecule has 27 heavy (non-hydrogen) atoms. The lowest BCUT2D eigenvalue weighted by molar-refractivity contribution is 0.0425. The predicted octanol–water partition coefficient (Wildman–Crippen LogP) is 3.97. The van der Waals surface area contributed by atoms with Crippen LogP contribution in [0, 0.1) is 18.8 Å². The summed E-state index contributed by atoms with van der Waals surface area (Å²) in [4.78, 5) is 10.00. The van der Waals surface area contributed by atoms with E-state index in [1.165, 1.54) is 18.4 Å². The molecule has 3 aliphatic rings. The molecule has 0 radical (unpaired) electrons. The van der Waals surface area contributed by atoms with Crippen molar-refractivity contribution in [3.8, 4) is 5.75 Å². The van der Waals surface area contributed by atoms with Crippen LogP contribution in [0.25, 0.3) is 0 Å². The summed E-state index contributed by atoms with van der Waals surface area (Å²) in [7, 11) is 1.81. The molecule has 0 bridgehead atoms. The molecule has 2 aliphatic carbocycles. The van der Waals surface area contributed by atoms with E-state index in [0.29, 0.717) is 17.9 Å². The molecule has 4 rings (SSSR count). The number of hydrogen-bond acceptors (Lipinski definition) is 5. The molecule has 146 valence electrons. The number of aliphatic imine (C=N–C) groups is 2. The molecular formula is C22H31N3O2. The fourth-order valence-electron chi connectivity index (χ4n) is 4.41. The van der Waals surface area contributed by atoms with Gasteiger partial charge in [0.15, 0.2) is 5.66 Å². The van der Waals surface area contributed by atoms with Crippen LogP contribution in [0.5, 0.6) is 5.75 Å². The van der Waals surface area contributed by atoms with Crippen molar-refractivity contribution in [3.63, 3.8) is 0 Å². The standard InChI is InChI=1S/C22H31N3O2/c1-14-4-9-19(27-13-16-5-6-16)12-20(14)22(24-15(2)21(23)25-22)17-7-10-18(26-3)11-8-17/h4,9,12,16-18H,5-8,10-11,13H2,1-3H3,(H2,23,25). The average Bonchev–Trinajstić information content (AvgIpc) is 3.46. The van der Waals surface area contributed by atoms with Gasteiger partial charge in [0.05, 0.1) is 18.4 Å². The normalized spacial score (nSPS) is 30.8. The van der Waals surface area contributed by atoms with Gasteiger partial charge < -0.3 is 15.2 Å². The second-order valence-electron chi connectivity index (χ2n) is 8.36. The number of ether oxygens (including phenoxy) is 2. The molecule has 0 amide bonds. The first-order valence-electron chi connectivity index (χ1n) is 10.2. The third kappa shape index (κ3) is 3.62. The van der Waals surface area contributed by atoms with E-state index in [4.69, 9.17) is 25.2 Å². The van der Waals surface area contributed by atoms with Gasteiger partial charge in [-0.3, -0.25) is 4.99 Å². The maximum absolute atomic E-state index is 6.21. The van der Waals surface area contributed by atoms with E-state index >= 15 is 0 Å². The van der Waals surface area contributed by atoms with Crippen molar-refractivity contribution in [3.05, 3.63) is 29.3 Å². The minimum atomic E-state index is -0.615. The third-order valence-corrected chi connectivity index (χ3v) is 6.36. The van der Waals surface area contributed by atoms with Crippen molar-refractivity contribution < 1.29 is 9.47 Å². The zero-order valence-corrected chi connectivity index (χ0v) is 16.7. The highest BCUT2D eigenvalue weighted by atomic mass is 16.5. The lowest BCUT2D eigenvalue weighted by Crippen LogP contribution is -2.36. The number of aryl methyl sites for hydroxylation is 1. The molecule has 1 aromatic rings. The second kappa shape index (κ2) is 7.27. The first-order chi connectivity index (χ1) is 13.0. The van der Waals surface area contributed by atoms with Gasteiger partial charge in [0.25, 0.3) is 0 Å². The van der Waals surface area contributed by atoms with Gasteiger partial charge >= 0.3 is 0 Å². The molecule has 1 aliphatic heterocycles. The van der Waals surface area contributed by atoms with Gasteiger partial charge in [-0.15, -0.1) is 0 Å². The summed E-state index contributed by atoms with van der Waals surface area (Å²) in [6, 6.07) is 6.35. The summed E-state index contributed by atoms with van der Waals surface area (Å²) < 4.78 is 11.6. The van der Waals surface area contributed by atoms with Gasteiger partial charge in [-0.2, -0.15) is 0 Å². The molecule has 2 fully saturated rings. The number of rotatable bonds is 6. The largest absolute Gasteiger partial charge is 0.493 e. The molecule has 5 nitrogen and oxygen atoms in total. The molecule has 2 N–H and O–H groups in total. The van der Waals surface area contributed by atoms with E-state index in [-0.39, 0.29) is 0 Å². The van der Waals surface area contributed by atoms with Crippen LogP contribution in [0.15, 0.2) is 28.2 Å². The number of benzene rings is 1. The SMILES string of the molecule is COC1CCC(C2(c3cc(OCC4CC4)ccc3C)N=C(C)C(N)=N2)CC1. The Bertz CT molecular complexity index is 741. The highest BCUT2D eigenvalue weighted by Crippen LogP contribution is 2.47. The van der Waals surface area contributed by atoms with Gasteiger partial charge in [0.2, 0.25) is 0 Å². The van der Waals surface area contributed by atoms with Crippen LogP contribution in [0.1, 0.15) is 56.6 Å². The zero-order chi connectivity index (χ0) is 19.0. The number of nitrogens with two attached hydrogens (primary N) is 1. The first-order valence-corrected chi connectivity index (χ1v) is 10.2.